The van der Waals surface area contributed by atoms with E-state index in [-0.39, 0.29) is 5.54 Å². The van der Waals surface area contributed by atoms with Gasteiger partial charge in [-0.25, -0.2) is 4.74 Å². The molecule has 0 aromatic rings. The third-order valence-electron chi connectivity index (χ3n) is 3.38. The first kappa shape index (κ1) is 12.3. The van der Waals surface area contributed by atoms with Crippen LogP contribution in [0.1, 0.15) is 58.3 Å². The normalized spacial score (nSPS) is 26.1. The molecule has 2 heteroatoms. The first-order valence-electron chi connectivity index (χ1n) is 6.16. The zero-order valence-electron chi connectivity index (χ0n) is 9.87. The molecule has 0 aromatic heterocycles. The largest absolute Gasteiger partial charge is 0.624 e. The van der Waals surface area contributed by atoms with Crippen LogP contribution in [-0.2, 0) is 0 Å². The van der Waals surface area contributed by atoms with Crippen LogP contribution in [0.5, 0.6) is 0 Å². The lowest BCUT2D eigenvalue weighted by atomic mass is 9.82. The highest BCUT2D eigenvalue weighted by atomic mass is 16.5. The van der Waals surface area contributed by atoms with Crippen LogP contribution in [0.15, 0.2) is 12.7 Å². The molecule has 1 atom stereocenters. The zero-order chi connectivity index (χ0) is 11.1. The molecular formula is C13H23NO. The van der Waals surface area contributed by atoms with E-state index in [4.69, 9.17) is 0 Å². The molecule has 15 heavy (non-hydrogen) atoms. The Kier molecular flexibility index (Phi) is 4.86. The van der Waals surface area contributed by atoms with Crippen molar-refractivity contribution >= 4 is 6.21 Å². The minimum absolute atomic E-state index is 0.158. The Morgan fingerprint density at radius 2 is 2.33 bits per heavy atom. The molecule has 0 radical (unpaired) electrons. The lowest BCUT2D eigenvalue weighted by Gasteiger charge is -2.33. The van der Waals surface area contributed by atoms with Crippen LogP contribution in [0.3, 0.4) is 0 Å². The molecule has 1 heterocycles. The van der Waals surface area contributed by atoms with E-state index in [9.17, 15) is 5.21 Å². The summed E-state index contributed by atoms with van der Waals surface area (Å²) in [4.78, 5) is 0. The lowest BCUT2D eigenvalue weighted by molar-refractivity contribution is -0.553. The van der Waals surface area contributed by atoms with E-state index < -0.39 is 0 Å². The van der Waals surface area contributed by atoms with Crippen molar-refractivity contribution in [1.82, 2.24) is 0 Å². The summed E-state index contributed by atoms with van der Waals surface area (Å²) < 4.78 is 1.22. The fraction of sp³-hybridized carbons (Fsp3) is 0.769. The van der Waals surface area contributed by atoms with Gasteiger partial charge >= 0.3 is 0 Å². The SMILES string of the molecule is C=CCC1(CCCCC)CCCC=[N+]1[O-]. The molecular weight excluding hydrogens is 186 g/mol. The lowest BCUT2D eigenvalue weighted by Crippen LogP contribution is -2.42. The number of hydrogen-bond acceptors (Lipinski definition) is 1. The number of rotatable bonds is 6. The Balaban J connectivity index is 2.63. The Morgan fingerprint density at radius 3 is 2.93 bits per heavy atom. The quantitative estimate of drug-likeness (QED) is 0.284. The monoisotopic (exact) mass is 209 g/mol. The third kappa shape index (κ3) is 3.08. The second-order valence-corrected chi connectivity index (χ2v) is 4.57. The highest BCUT2D eigenvalue weighted by Gasteiger charge is 2.37. The van der Waals surface area contributed by atoms with E-state index in [0.29, 0.717) is 0 Å². The molecule has 0 fully saturated rings. The van der Waals surface area contributed by atoms with E-state index in [1.54, 1.807) is 0 Å². The maximum atomic E-state index is 11.9. The summed E-state index contributed by atoms with van der Waals surface area (Å²) in [5, 5.41) is 11.9. The first-order valence-corrected chi connectivity index (χ1v) is 6.16. The van der Waals surface area contributed by atoms with E-state index in [1.165, 1.54) is 17.6 Å². The number of hydrogen-bond donors (Lipinski definition) is 0. The van der Waals surface area contributed by atoms with Gasteiger partial charge in [0.25, 0.3) is 0 Å². The molecule has 1 aliphatic heterocycles. The van der Waals surface area contributed by atoms with Crippen LogP contribution in [0.2, 0.25) is 0 Å². The van der Waals surface area contributed by atoms with Crippen molar-refractivity contribution in [3.8, 4) is 0 Å². The maximum Gasteiger partial charge on any atom is 0.175 e. The van der Waals surface area contributed by atoms with Crippen LogP contribution in [-0.4, -0.2) is 16.5 Å². The average molecular weight is 209 g/mol. The van der Waals surface area contributed by atoms with Gasteiger partial charge in [-0.05, 0) is 12.8 Å². The van der Waals surface area contributed by atoms with Crippen molar-refractivity contribution in [1.29, 1.82) is 0 Å². The standard InChI is InChI=1S/C13H23NO/c1-3-5-6-10-13(9-4-2)11-7-8-12-14(13)15/h4,12H,2-3,5-11H2,1H3. The van der Waals surface area contributed by atoms with Gasteiger partial charge in [-0.15, -0.1) is 6.58 Å². The Hall–Kier alpha value is -0.790. The zero-order valence-corrected chi connectivity index (χ0v) is 9.87. The third-order valence-corrected chi connectivity index (χ3v) is 3.38. The van der Waals surface area contributed by atoms with Crippen LogP contribution in [0.25, 0.3) is 0 Å². The molecule has 0 N–H and O–H groups in total. The van der Waals surface area contributed by atoms with Crippen LogP contribution in [0, 0.1) is 5.21 Å². The van der Waals surface area contributed by atoms with Gasteiger partial charge in [-0.3, -0.25) is 0 Å². The first-order chi connectivity index (χ1) is 7.25. The Morgan fingerprint density at radius 1 is 1.53 bits per heavy atom. The average Bonchev–Trinajstić information content (AvgIpc) is 2.23. The van der Waals surface area contributed by atoms with E-state index in [2.05, 4.69) is 13.5 Å². The van der Waals surface area contributed by atoms with Gasteiger partial charge in [-0.1, -0.05) is 25.8 Å². The Labute approximate surface area is 93.3 Å². The van der Waals surface area contributed by atoms with Gasteiger partial charge in [0.15, 0.2) is 11.8 Å². The number of unbranched alkanes of at least 4 members (excludes halogenated alkanes) is 2. The summed E-state index contributed by atoms with van der Waals surface area (Å²) >= 11 is 0. The molecule has 1 rings (SSSR count). The smallest absolute Gasteiger partial charge is 0.175 e. The molecule has 0 aliphatic carbocycles. The summed E-state index contributed by atoms with van der Waals surface area (Å²) in [5.41, 5.74) is -0.158. The molecule has 0 aromatic carbocycles. The van der Waals surface area contributed by atoms with Gasteiger partial charge in [0.1, 0.15) is 0 Å². The summed E-state index contributed by atoms with van der Waals surface area (Å²) in [6.07, 6.45) is 12.3. The molecule has 0 bridgehead atoms. The highest BCUT2D eigenvalue weighted by Crippen LogP contribution is 2.31. The van der Waals surface area contributed by atoms with Gasteiger partial charge < -0.3 is 5.21 Å². The number of hydroxylamine groups is 1. The predicted molar refractivity (Wildman–Crippen MR) is 65.2 cm³/mol. The summed E-state index contributed by atoms with van der Waals surface area (Å²) in [6, 6.07) is 0. The highest BCUT2D eigenvalue weighted by molar-refractivity contribution is 5.52. The molecule has 86 valence electrons. The van der Waals surface area contributed by atoms with Gasteiger partial charge in [0, 0.05) is 25.7 Å². The number of nitrogens with zero attached hydrogens (tertiary/aromatic N) is 1. The van der Waals surface area contributed by atoms with Gasteiger partial charge in [-0.2, -0.15) is 0 Å². The van der Waals surface area contributed by atoms with Crippen LogP contribution < -0.4 is 0 Å². The van der Waals surface area contributed by atoms with Crippen molar-refractivity contribution in [2.24, 2.45) is 0 Å². The molecule has 0 saturated heterocycles. The second-order valence-electron chi connectivity index (χ2n) is 4.57. The second kappa shape index (κ2) is 5.94. The maximum absolute atomic E-state index is 11.9. The van der Waals surface area contributed by atoms with Crippen molar-refractivity contribution < 1.29 is 4.74 Å². The predicted octanol–water partition coefficient (Wildman–Crippen LogP) is 3.65. The Bertz CT molecular complexity index is 235. The molecule has 2 nitrogen and oxygen atoms in total. The van der Waals surface area contributed by atoms with Crippen molar-refractivity contribution in [2.45, 2.75) is 63.8 Å². The van der Waals surface area contributed by atoms with E-state index in [0.717, 1.165) is 38.5 Å². The van der Waals surface area contributed by atoms with E-state index in [1.807, 2.05) is 12.3 Å². The molecule has 0 spiro atoms. The molecule has 0 saturated carbocycles. The van der Waals surface area contributed by atoms with Crippen LogP contribution >= 0.6 is 0 Å². The van der Waals surface area contributed by atoms with Crippen LogP contribution in [0.4, 0.5) is 0 Å². The fourth-order valence-corrected chi connectivity index (χ4v) is 2.45. The minimum Gasteiger partial charge on any atom is -0.624 e. The van der Waals surface area contributed by atoms with Gasteiger partial charge in [0.2, 0.25) is 0 Å². The summed E-state index contributed by atoms with van der Waals surface area (Å²) in [7, 11) is 0. The summed E-state index contributed by atoms with van der Waals surface area (Å²) in [6.45, 7) is 5.98. The van der Waals surface area contributed by atoms with Crippen molar-refractivity contribution in [3.05, 3.63) is 17.9 Å². The van der Waals surface area contributed by atoms with Crippen molar-refractivity contribution in [2.75, 3.05) is 0 Å². The van der Waals surface area contributed by atoms with E-state index >= 15 is 0 Å². The fourth-order valence-electron chi connectivity index (χ4n) is 2.45. The molecule has 0 amide bonds. The summed E-state index contributed by atoms with van der Waals surface area (Å²) in [5.74, 6) is 0. The van der Waals surface area contributed by atoms with Crippen molar-refractivity contribution in [3.63, 3.8) is 0 Å². The topological polar surface area (TPSA) is 26.1 Å². The van der Waals surface area contributed by atoms with Gasteiger partial charge in [0.05, 0.1) is 0 Å². The minimum atomic E-state index is -0.158. The molecule has 1 unspecified atom stereocenters. The molecule has 1 aliphatic rings.